The summed E-state index contributed by atoms with van der Waals surface area (Å²) in [6.45, 7) is 3.49. The Labute approximate surface area is 91.4 Å². The van der Waals surface area contributed by atoms with Gasteiger partial charge in [-0.05, 0) is 37.0 Å². The van der Waals surface area contributed by atoms with Gasteiger partial charge in [-0.15, -0.1) is 0 Å². The molecule has 0 unspecified atom stereocenters. The summed E-state index contributed by atoms with van der Waals surface area (Å²) in [4.78, 5) is 0. The van der Waals surface area contributed by atoms with Crippen LogP contribution in [0.4, 0.5) is 13.2 Å². The summed E-state index contributed by atoms with van der Waals surface area (Å²) >= 11 is 5.53. The predicted octanol–water partition coefficient (Wildman–Crippen LogP) is 4.18. The molecule has 0 spiro atoms. The van der Waals surface area contributed by atoms with E-state index in [9.17, 15) is 13.2 Å². The normalized spacial score (nSPS) is 10.4. The van der Waals surface area contributed by atoms with E-state index in [-0.39, 0.29) is 0 Å². The molecule has 0 aliphatic rings. The van der Waals surface area contributed by atoms with Crippen molar-refractivity contribution < 1.29 is 13.2 Å². The summed E-state index contributed by atoms with van der Waals surface area (Å²) in [6.07, 6.45) is 1.65. The molecule has 0 aliphatic heterocycles. The quantitative estimate of drug-likeness (QED) is 0.686. The van der Waals surface area contributed by atoms with Gasteiger partial charge in [-0.3, -0.25) is 0 Å². The number of hydrogen-bond donors (Lipinski definition) is 0. The Kier molecular flexibility index (Phi) is 4.21. The third-order valence-electron chi connectivity index (χ3n) is 1.96. The molecule has 0 fully saturated rings. The first kappa shape index (κ1) is 12.1. The number of allylic oxidation sites excluding steroid dienone is 1. The molecule has 0 aliphatic carbocycles. The summed E-state index contributed by atoms with van der Waals surface area (Å²) in [5.74, 6) is -3.75. The van der Waals surface area contributed by atoms with Crippen LogP contribution in [0.3, 0.4) is 0 Å². The summed E-state index contributed by atoms with van der Waals surface area (Å²) in [6, 6.07) is 1.99. The minimum absolute atomic E-state index is 0.421. The largest absolute Gasteiger partial charge is 0.204 e. The van der Waals surface area contributed by atoms with Gasteiger partial charge in [0.15, 0.2) is 17.5 Å². The van der Waals surface area contributed by atoms with Crippen LogP contribution >= 0.6 is 11.6 Å². The second-order valence-electron chi connectivity index (χ2n) is 3.24. The van der Waals surface area contributed by atoms with Gasteiger partial charge < -0.3 is 0 Å². The lowest BCUT2D eigenvalue weighted by atomic mass is 10.1. The Hall–Kier alpha value is -0.960. The molecule has 82 valence electrons. The van der Waals surface area contributed by atoms with Gasteiger partial charge >= 0.3 is 0 Å². The van der Waals surface area contributed by atoms with E-state index < -0.39 is 17.5 Å². The number of hydrogen-bond acceptors (Lipinski definition) is 0. The van der Waals surface area contributed by atoms with Crippen LogP contribution in [0.5, 0.6) is 0 Å². The molecule has 0 bridgehead atoms. The third-order valence-corrected chi connectivity index (χ3v) is 2.15. The molecule has 4 heteroatoms. The van der Waals surface area contributed by atoms with Gasteiger partial charge in [0, 0.05) is 5.03 Å². The highest BCUT2D eigenvalue weighted by molar-refractivity contribution is 6.29. The highest BCUT2D eigenvalue weighted by Crippen LogP contribution is 2.16. The van der Waals surface area contributed by atoms with Crippen LogP contribution in [0.25, 0.3) is 0 Å². The van der Waals surface area contributed by atoms with Crippen molar-refractivity contribution in [2.45, 2.75) is 19.3 Å². The van der Waals surface area contributed by atoms with Gasteiger partial charge in [-0.25, -0.2) is 13.2 Å². The van der Waals surface area contributed by atoms with Gasteiger partial charge in [-0.1, -0.05) is 18.2 Å². The molecule has 0 saturated heterocycles. The van der Waals surface area contributed by atoms with Crippen molar-refractivity contribution in [3.8, 4) is 0 Å². The van der Waals surface area contributed by atoms with Gasteiger partial charge in [-0.2, -0.15) is 0 Å². The molecule has 1 aromatic carbocycles. The maximum absolute atomic E-state index is 12.8. The zero-order valence-electron chi connectivity index (χ0n) is 7.99. The van der Waals surface area contributed by atoms with Crippen molar-refractivity contribution in [2.75, 3.05) is 0 Å². The minimum Gasteiger partial charge on any atom is -0.204 e. The van der Waals surface area contributed by atoms with Crippen LogP contribution in [0.15, 0.2) is 23.7 Å². The smallest absolute Gasteiger partial charge is 0.194 e. The standard InChI is InChI=1S/C11H10ClF3/c1-7(12)3-2-4-8-5-9(13)11(15)10(14)6-8/h5-6H,1-4H2. The molecular weight excluding hydrogens is 225 g/mol. The van der Waals surface area contributed by atoms with Crippen molar-refractivity contribution >= 4 is 11.6 Å². The Morgan fingerprint density at radius 1 is 1.20 bits per heavy atom. The molecular formula is C11H10ClF3. The Morgan fingerprint density at radius 3 is 2.20 bits per heavy atom. The van der Waals surface area contributed by atoms with E-state index >= 15 is 0 Å². The van der Waals surface area contributed by atoms with Crippen LogP contribution in [-0.2, 0) is 6.42 Å². The first-order valence-corrected chi connectivity index (χ1v) is 4.85. The summed E-state index contributed by atoms with van der Waals surface area (Å²) in [5.41, 5.74) is 0.421. The zero-order valence-corrected chi connectivity index (χ0v) is 8.75. The molecule has 15 heavy (non-hydrogen) atoms. The zero-order chi connectivity index (χ0) is 11.4. The predicted molar refractivity (Wildman–Crippen MR) is 54.2 cm³/mol. The van der Waals surface area contributed by atoms with Crippen LogP contribution < -0.4 is 0 Å². The van der Waals surface area contributed by atoms with E-state index in [0.29, 0.717) is 29.9 Å². The first-order chi connectivity index (χ1) is 7.00. The van der Waals surface area contributed by atoms with Crippen LogP contribution in [0.2, 0.25) is 0 Å². The average Bonchev–Trinajstić information content (AvgIpc) is 2.13. The van der Waals surface area contributed by atoms with E-state index in [1.54, 1.807) is 0 Å². The molecule has 0 amide bonds. The second kappa shape index (κ2) is 5.21. The van der Waals surface area contributed by atoms with Gasteiger partial charge in [0.2, 0.25) is 0 Å². The fraction of sp³-hybridized carbons (Fsp3) is 0.273. The van der Waals surface area contributed by atoms with Crippen molar-refractivity contribution in [1.29, 1.82) is 0 Å². The molecule has 1 rings (SSSR count). The molecule has 0 aromatic heterocycles. The van der Waals surface area contributed by atoms with Gasteiger partial charge in [0.05, 0.1) is 0 Å². The molecule has 0 saturated carbocycles. The van der Waals surface area contributed by atoms with E-state index in [1.165, 1.54) is 0 Å². The number of aryl methyl sites for hydroxylation is 1. The fourth-order valence-corrected chi connectivity index (χ4v) is 1.37. The summed E-state index contributed by atoms with van der Waals surface area (Å²) in [5, 5.41) is 0.498. The fourth-order valence-electron chi connectivity index (χ4n) is 1.24. The molecule has 0 nitrogen and oxygen atoms in total. The highest BCUT2D eigenvalue weighted by atomic mass is 35.5. The summed E-state index contributed by atoms with van der Waals surface area (Å²) < 4.78 is 38.1. The van der Waals surface area contributed by atoms with E-state index in [4.69, 9.17) is 11.6 Å². The Morgan fingerprint density at radius 2 is 1.73 bits per heavy atom. The average molecular weight is 235 g/mol. The first-order valence-electron chi connectivity index (χ1n) is 4.47. The van der Waals surface area contributed by atoms with Gasteiger partial charge in [0.25, 0.3) is 0 Å². The maximum atomic E-state index is 12.8. The molecule has 0 atom stereocenters. The maximum Gasteiger partial charge on any atom is 0.194 e. The highest BCUT2D eigenvalue weighted by Gasteiger charge is 2.09. The van der Waals surface area contributed by atoms with Crippen molar-refractivity contribution in [2.24, 2.45) is 0 Å². The lowest BCUT2D eigenvalue weighted by Gasteiger charge is -2.02. The third kappa shape index (κ3) is 3.59. The van der Waals surface area contributed by atoms with Crippen molar-refractivity contribution in [3.63, 3.8) is 0 Å². The number of halogens is 4. The molecule has 0 radical (unpaired) electrons. The van der Waals surface area contributed by atoms with Crippen LogP contribution in [-0.4, -0.2) is 0 Å². The second-order valence-corrected chi connectivity index (χ2v) is 3.78. The van der Waals surface area contributed by atoms with E-state index in [1.807, 2.05) is 0 Å². The van der Waals surface area contributed by atoms with E-state index in [0.717, 1.165) is 12.1 Å². The molecule has 1 aromatic rings. The van der Waals surface area contributed by atoms with Crippen LogP contribution in [0, 0.1) is 17.5 Å². The Bertz CT molecular complexity index is 351. The Balaban J connectivity index is 2.66. The molecule has 0 N–H and O–H groups in total. The SMILES string of the molecule is C=C(Cl)CCCc1cc(F)c(F)c(F)c1. The van der Waals surface area contributed by atoms with E-state index in [2.05, 4.69) is 6.58 Å². The monoisotopic (exact) mass is 234 g/mol. The minimum atomic E-state index is -1.43. The lowest BCUT2D eigenvalue weighted by Crippen LogP contribution is -1.95. The van der Waals surface area contributed by atoms with Gasteiger partial charge in [0.1, 0.15) is 0 Å². The number of benzene rings is 1. The lowest BCUT2D eigenvalue weighted by molar-refractivity contribution is 0.445. The number of rotatable bonds is 4. The van der Waals surface area contributed by atoms with Crippen molar-refractivity contribution in [1.82, 2.24) is 0 Å². The summed E-state index contributed by atoms with van der Waals surface area (Å²) in [7, 11) is 0. The van der Waals surface area contributed by atoms with Crippen molar-refractivity contribution in [3.05, 3.63) is 46.8 Å². The topological polar surface area (TPSA) is 0 Å². The van der Waals surface area contributed by atoms with Crippen LogP contribution in [0.1, 0.15) is 18.4 Å². The molecule has 0 heterocycles.